The van der Waals surface area contributed by atoms with Crippen LogP contribution in [0.1, 0.15) is 0 Å². The summed E-state index contributed by atoms with van der Waals surface area (Å²) in [5.74, 6) is -0.0303. The summed E-state index contributed by atoms with van der Waals surface area (Å²) < 4.78 is 17.1. The van der Waals surface area contributed by atoms with E-state index in [1.165, 1.54) is 17.8 Å². The van der Waals surface area contributed by atoms with Gasteiger partial charge in [0.2, 0.25) is 5.91 Å². The van der Waals surface area contributed by atoms with Crippen LogP contribution < -0.4 is 5.32 Å². The van der Waals surface area contributed by atoms with Gasteiger partial charge in [-0.15, -0.1) is 10.2 Å². The zero-order valence-corrected chi connectivity index (χ0v) is 18.0. The number of amides is 1. The Morgan fingerprint density at radius 3 is 2.40 bits per heavy atom. The summed E-state index contributed by atoms with van der Waals surface area (Å²) in [6, 6.07) is 23.2. The molecular formula is C22H16BrFN4OS. The number of thioether (sulfide) groups is 1. The average molecular weight is 483 g/mol. The first-order valence-electron chi connectivity index (χ1n) is 9.06. The summed E-state index contributed by atoms with van der Waals surface area (Å²) in [7, 11) is 0. The molecule has 5 nitrogen and oxygen atoms in total. The Hall–Kier alpha value is -2.97. The van der Waals surface area contributed by atoms with Gasteiger partial charge in [0, 0.05) is 15.8 Å². The van der Waals surface area contributed by atoms with Gasteiger partial charge in [0.05, 0.1) is 11.3 Å². The van der Waals surface area contributed by atoms with Crippen molar-refractivity contribution in [3.63, 3.8) is 0 Å². The maximum Gasteiger partial charge on any atom is 0.234 e. The lowest BCUT2D eigenvalue weighted by Gasteiger charge is -2.11. The normalized spacial score (nSPS) is 10.7. The van der Waals surface area contributed by atoms with Crippen molar-refractivity contribution < 1.29 is 9.18 Å². The number of nitrogens with one attached hydrogen (secondary N) is 1. The summed E-state index contributed by atoms with van der Waals surface area (Å²) >= 11 is 4.61. The number of nitrogens with zero attached hydrogens (tertiary/aromatic N) is 3. The number of hydrogen-bond donors (Lipinski definition) is 1. The van der Waals surface area contributed by atoms with E-state index in [2.05, 4.69) is 31.4 Å². The van der Waals surface area contributed by atoms with E-state index in [0.717, 1.165) is 10.2 Å². The second-order valence-corrected chi connectivity index (χ2v) is 8.16. The molecule has 0 unspecified atom stereocenters. The fourth-order valence-corrected chi connectivity index (χ4v) is 3.87. The van der Waals surface area contributed by atoms with Gasteiger partial charge >= 0.3 is 0 Å². The van der Waals surface area contributed by atoms with Crippen LogP contribution in [-0.2, 0) is 4.79 Å². The highest BCUT2D eigenvalue weighted by atomic mass is 79.9. The zero-order valence-electron chi connectivity index (χ0n) is 15.6. The molecule has 0 saturated heterocycles. The van der Waals surface area contributed by atoms with E-state index in [0.29, 0.717) is 22.2 Å². The predicted molar refractivity (Wildman–Crippen MR) is 120 cm³/mol. The van der Waals surface area contributed by atoms with Crippen LogP contribution >= 0.6 is 27.7 Å². The van der Waals surface area contributed by atoms with Crippen LogP contribution in [0.15, 0.2) is 88.5 Å². The van der Waals surface area contributed by atoms with Gasteiger partial charge in [0.1, 0.15) is 5.82 Å². The molecule has 0 spiro atoms. The molecule has 0 aliphatic carbocycles. The van der Waals surface area contributed by atoms with Crippen LogP contribution in [-0.4, -0.2) is 26.4 Å². The average Bonchev–Trinajstić information content (AvgIpc) is 3.18. The maximum absolute atomic E-state index is 14.4. The summed E-state index contributed by atoms with van der Waals surface area (Å²) in [6.45, 7) is 0. The molecule has 1 aromatic heterocycles. The van der Waals surface area contributed by atoms with Crippen LogP contribution in [0.5, 0.6) is 0 Å². The molecule has 150 valence electrons. The first-order valence-corrected chi connectivity index (χ1v) is 10.8. The number of rotatable bonds is 6. The van der Waals surface area contributed by atoms with Gasteiger partial charge in [-0.05, 0) is 48.5 Å². The molecule has 0 radical (unpaired) electrons. The van der Waals surface area contributed by atoms with E-state index in [1.807, 2.05) is 54.6 Å². The number of carbonyl (C=O) groups is 1. The summed E-state index contributed by atoms with van der Waals surface area (Å²) in [6.07, 6.45) is 0. The van der Waals surface area contributed by atoms with Crippen molar-refractivity contribution in [3.8, 4) is 17.1 Å². The Morgan fingerprint density at radius 2 is 1.67 bits per heavy atom. The molecule has 4 aromatic rings. The van der Waals surface area contributed by atoms with Crippen LogP contribution in [0.2, 0.25) is 0 Å². The van der Waals surface area contributed by atoms with Gasteiger partial charge in [-0.3, -0.25) is 9.36 Å². The Labute approximate surface area is 185 Å². The van der Waals surface area contributed by atoms with E-state index >= 15 is 0 Å². The molecule has 0 saturated carbocycles. The molecule has 0 atom stereocenters. The second-order valence-electron chi connectivity index (χ2n) is 6.30. The fourth-order valence-electron chi connectivity index (χ4n) is 2.85. The topological polar surface area (TPSA) is 59.8 Å². The summed E-state index contributed by atoms with van der Waals surface area (Å²) in [4.78, 5) is 12.4. The third-order valence-corrected chi connectivity index (χ3v) is 5.68. The lowest BCUT2D eigenvalue weighted by atomic mass is 10.2. The largest absolute Gasteiger partial charge is 0.325 e. The minimum atomic E-state index is -0.383. The van der Waals surface area contributed by atoms with Gasteiger partial charge in [0.15, 0.2) is 11.0 Å². The van der Waals surface area contributed by atoms with Gasteiger partial charge in [-0.25, -0.2) is 4.39 Å². The first kappa shape index (κ1) is 20.3. The summed E-state index contributed by atoms with van der Waals surface area (Å²) in [5.41, 5.74) is 1.84. The smallest absolute Gasteiger partial charge is 0.234 e. The van der Waals surface area contributed by atoms with E-state index in [9.17, 15) is 9.18 Å². The van der Waals surface area contributed by atoms with Crippen molar-refractivity contribution in [2.45, 2.75) is 5.16 Å². The van der Waals surface area contributed by atoms with Crippen LogP contribution in [0.3, 0.4) is 0 Å². The lowest BCUT2D eigenvalue weighted by Crippen LogP contribution is -2.14. The molecule has 0 aliphatic heterocycles. The molecule has 0 aliphatic rings. The van der Waals surface area contributed by atoms with Crippen molar-refractivity contribution in [2.75, 3.05) is 11.1 Å². The molecule has 8 heteroatoms. The van der Waals surface area contributed by atoms with E-state index in [4.69, 9.17) is 0 Å². The number of carbonyl (C=O) groups excluding carboxylic acids is 1. The Morgan fingerprint density at radius 1 is 0.967 bits per heavy atom. The molecule has 1 heterocycles. The van der Waals surface area contributed by atoms with Crippen molar-refractivity contribution >= 4 is 39.3 Å². The van der Waals surface area contributed by atoms with Gasteiger partial charge < -0.3 is 5.32 Å². The van der Waals surface area contributed by atoms with Gasteiger partial charge in [-0.1, -0.05) is 58.0 Å². The molecule has 30 heavy (non-hydrogen) atoms. The highest BCUT2D eigenvalue weighted by Crippen LogP contribution is 2.29. The van der Waals surface area contributed by atoms with E-state index < -0.39 is 0 Å². The maximum atomic E-state index is 14.4. The van der Waals surface area contributed by atoms with Crippen molar-refractivity contribution in [1.82, 2.24) is 14.8 Å². The number of halogens is 2. The third kappa shape index (κ3) is 4.60. The quantitative estimate of drug-likeness (QED) is 0.365. The first-order chi connectivity index (χ1) is 14.6. The molecule has 3 aromatic carbocycles. The Bertz CT molecular complexity index is 1170. The van der Waals surface area contributed by atoms with Crippen LogP contribution in [0.4, 0.5) is 10.1 Å². The standard InChI is InChI=1S/C22H16BrFN4OS/c23-15-10-12-16(13-11-15)25-20(29)14-30-22-27-26-21(18-8-4-5-9-19(18)24)28(22)17-6-2-1-3-7-17/h1-13H,14H2,(H,25,29). The van der Waals surface area contributed by atoms with Crippen LogP contribution in [0, 0.1) is 5.82 Å². The third-order valence-electron chi connectivity index (χ3n) is 4.22. The van der Waals surface area contributed by atoms with Crippen LogP contribution in [0.25, 0.3) is 17.1 Å². The number of hydrogen-bond acceptors (Lipinski definition) is 4. The molecule has 1 amide bonds. The number of benzene rings is 3. The monoisotopic (exact) mass is 482 g/mol. The van der Waals surface area contributed by atoms with Crippen molar-refractivity contribution in [1.29, 1.82) is 0 Å². The minimum Gasteiger partial charge on any atom is -0.325 e. The number of aromatic nitrogens is 3. The lowest BCUT2D eigenvalue weighted by molar-refractivity contribution is -0.113. The highest BCUT2D eigenvalue weighted by molar-refractivity contribution is 9.10. The molecule has 4 rings (SSSR count). The van der Waals surface area contributed by atoms with Gasteiger partial charge in [0.25, 0.3) is 0 Å². The molecule has 0 fully saturated rings. The van der Waals surface area contributed by atoms with E-state index in [1.54, 1.807) is 22.8 Å². The predicted octanol–water partition coefficient (Wildman–Crippen LogP) is 5.57. The summed E-state index contributed by atoms with van der Waals surface area (Å²) in [5, 5.41) is 11.8. The Balaban J connectivity index is 1.59. The number of anilines is 1. The van der Waals surface area contributed by atoms with Gasteiger partial charge in [-0.2, -0.15) is 0 Å². The fraction of sp³-hybridized carbons (Fsp3) is 0.0455. The number of para-hydroxylation sites is 1. The highest BCUT2D eigenvalue weighted by Gasteiger charge is 2.19. The molecular weight excluding hydrogens is 467 g/mol. The van der Waals surface area contributed by atoms with Crippen molar-refractivity contribution in [2.24, 2.45) is 0 Å². The SMILES string of the molecule is O=C(CSc1nnc(-c2ccccc2F)n1-c1ccccc1)Nc1ccc(Br)cc1. The second kappa shape index (κ2) is 9.23. The zero-order chi connectivity index (χ0) is 20.9. The Kier molecular flexibility index (Phi) is 6.25. The minimum absolute atomic E-state index is 0.137. The van der Waals surface area contributed by atoms with E-state index in [-0.39, 0.29) is 17.5 Å². The molecule has 1 N–H and O–H groups in total. The molecule has 0 bridgehead atoms. The van der Waals surface area contributed by atoms with Crippen molar-refractivity contribution in [3.05, 3.63) is 89.2 Å².